The Morgan fingerprint density at radius 1 is 0.280 bits per heavy atom. The van der Waals surface area contributed by atoms with E-state index < -0.39 is 0 Å². The van der Waals surface area contributed by atoms with Crippen molar-refractivity contribution in [3.05, 3.63) is 207 Å². The summed E-state index contributed by atoms with van der Waals surface area (Å²) in [6.07, 6.45) is 4.34. The van der Waals surface area contributed by atoms with Crippen molar-refractivity contribution in [2.24, 2.45) is 0 Å². The fourth-order valence-electron chi connectivity index (χ4n) is 6.94. The lowest BCUT2D eigenvalue weighted by atomic mass is 10.1. The first-order valence-electron chi connectivity index (χ1n) is 16.9. The van der Waals surface area contributed by atoms with Gasteiger partial charge in [-0.05, 0) is 121 Å². The second-order valence-corrected chi connectivity index (χ2v) is 12.4. The van der Waals surface area contributed by atoms with Crippen LogP contribution >= 0.6 is 0 Å². The minimum atomic E-state index is 1.11. The largest absolute Gasteiger partial charge is 0.316 e. The number of fused-ring (bicyclic) bond motifs is 2. The smallest absolute Gasteiger partial charge is 0.0549 e. The second kappa shape index (κ2) is 12.7. The molecule has 0 radical (unpaired) electrons. The van der Waals surface area contributed by atoms with Crippen molar-refractivity contribution in [1.82, 2.24) is 9.13 Å². The van der Waals surface area contributed by atoms with Gasteiger partial charge in [0.25, 0.3) is 0 Å². The van der Waals surface area contributed by atoms with Crippen LogP contribution in [0.1, 0.15) is 0 Å². The molecule has 0 aliphatic carbocycles. The van der Waals surface area contributed by atoms with Crippen LogP contribution in [0.2, 0.25) is 0 Å². The molecule has 50 heavy (non-hydrogen) atoms. The first-order chi connectivity index (χ1) is 24.8. The highest BCUT2D eigenvalue weighted by Gasteiger charge is 2.15. The standard InChI is InChI=1S/C46H34N4/c1-5-13-39(14-6-1)49(40-15-7-2-8-16-40)43-25-21-37(22-26-43)47-31-29-35-33-36-30-32-48(46(36)34-45(35)47)38-23-27-44(28-24-38)50(41-17-9-3-10-18-41)42-19-11-4-12-20-42/h1-34H. The van der Waals surface area contributed by atoms with Crippen LogP contribution in [-0.2, 0) is 0 Å². The lowest BCUT2D eigenvalue weighted by Crippen LogP contribution is -2.09. The maximum absolute atomic E-state index is 2.31. The Hall–Kier alpha value is -6.78. The Balaban J connectivity index is 1.06. The predicted octanol–water partition coefficient (Wildman–Crippen LogP) is 12.5. The zero-order valence-electron chi connectivity index (χ0n) is 27.4. The van der Waals surface area contributed by atoms with E-state index in [4.69, 9.17) is 0 Å². The van der Waals surface area contributed by atoms with Gasteiger partial charge in [-0.1, -0.05) is 72.8 Å². The fourth-order valence-corrected chi connectivity index (χ4v) is 6.94. The van der Waals surface area contributed by atoms with Crippen molar-refractivity contribution < 1.29 is 0 Å². The molecule has 0 spiro atoms. The average molecular weight is 643 g/mol. The van der Waals surface area contributed by atoms with Crippen LogP contribution < -0.4 is 9.80 Å². The van der Waals surface area contributed by atoms with Gasteiger partial charge in [-0.2, -0.15) is 0 Å². The number of aromatic nitrogens is 2. The minimum Gasteiger partial charge on any atom is -0.316 e. The van der Waals surface area contributed by atoms with E-state index in [0.717, 1.165) is 45.5 Å². The zero-order chi connectivity index (χ0) is 33.3. The number of anilines is 6. The van der Waals surface area contributed by atoms with Crippen molar-refractivity contribution in [2.75, 3.05) is 9.80 Å². The number of para-hydroxylation sites is 4. The molecule has 0 N–H and O–H groups in total. The molecular weight excluding hydrogens is 609 g/mol. The third kappa shape index (κ3) is 5.39. The number of nitrogens with zero attached hydrogens (tertiary/aromatic N) is 4. The molecule has 0 saturated carbocycles. The molecule has 238 valence electrons. The van der Waals surface area contributed by atoms with Crippen LogP contribution in [0.4, 0.5) is 34.1 Å². The summed E-state index contributed by atoms with van der Waals surface area (Å²) < 4.78 is 4.57. The van der Waals surface area contributed by atoms with E-state index in [9.17, 15) is 0 Å². The molecule has 0 atom stereocenters. The molecule has 0 amide bonds. The molecule has 0 unspecified atom stereocenters. The predicted molar refractivity (Wildman–Crippen MR) is 209 cm³/mol. The van der Waals surface area contributed by atoms with Crippen LogP contribution in [0.3, 0.4) is 0 Å². The summed E-state index contributed by atoms with van der Waals surface area (Å²) >= 11 is 0. The van der Waals surface area contributed by atoms with Crippen LogP contribution in [0.5, 0.6) is 0 Å². The highest BCUT2D eigenvalue weighted by atomic mass is 15.1. The molecule has 2 heterocycles. The molecule has 9 aromatic rings. The van der Waals surface area contributed by atoms with E-state index in [1.165, 1.54) is 21.8 Å². The first-order valence-corrected chi connectivity index (χ1v) is 16.9. The van der Waals surface area contributed by atoms with Gasteiger partial charge in [0.2, 0.25) is 0 Å². The summed E-state index contributed by atoms with van der Waals surface area (Å²) in [5.74, 6) is 0. The molecule has 0 aliphatic heterocycles. The normalized spacial score (nSPS) is 11.2. The molecule has 0 aliphatic rings. The Bertz CT molecular complexity index is 2250. The van der Waals surface area contributed by atoms with Crippen molar-refractivity contribution in [2.45, 2.75) is 0 Å². The van der Waals surface area contributed by atoms with Gasteiger partial charge in [0.05, 0.1) is 11.0 Å². The molecule has 9 rings (SSSR count). The first kappa shape index (κ1) is 29.4. The van der Waals surface area contributed by atoms with E-state index in [1.807, 2.05) is 0 Å². The van der Waals surface area contributed by atoms with E-state index in [-0.39, 0.29) is 0 Å². The fraction of sp³-hybridized carbons (Fsp3) is 0. The maximum Gasteiger partial charge on any atom is 0.0549 e. The van der Waals surface area contributed by atoms with Crippen LogP contribution in [0.15, 0.2) is 207 Å². The third-order valence-corrected chi connectivity index (χ3v) is 9.33. The summed E-state index contributed by atoms with van der Waals surface area (Å²) in [5.41, 5.74) is 11.3. The van der Waals surface area contributed by atoms with Crippen molar-refractivity contribution in [3.8, 4) is 11.4 Å². The van der Waals surface area contributed by atoms with Gasteiger partial charge in [0.15, 0.2) is 0 Å². The van der Waals surface area contributed by atoms with Crippen LogP contribution in [0.25, 0.3) is 33.2 Å². The number of hydrogen-bond acceptors (Lipinski definition) is 2. The quantitative estimate of drug-likeness (QED) is 0.164. The lowest BCUT2D eigenvalue weighted by molar-refractivity contribution is 1.11. The maximum atomic E-state index is 2.31. The molecule has 0 saturated heterocycles. The highest BCUT2D eigenvalue weighted by molar-refractivity contribution is 5.97. The Kier molecular flexibility index (Phi) is 7.45. The van der Waals surface area contributed by atoms with E-state index in [1.54, 1.807) is 0 Å². The zero-order valence-corrected chi connectivity index (χ0v) is 27.4. The molecule has 2 aromatic heterocycles. The molecule has 4 nitrogen and oxygen atoms in total. The SMILES string of the molecule is c1ccc(N(c2ccccc2)c2ccc(-n3ccc4cc5ccn(-c6ccc(N(c7ccccc7)c7ccccc7)cc6)c5cc43)cc2)cc1. The van der Waals surface area contributed by atoms with Gasteiger partial charge in [-0.15, -0.1) is 0 Å². The van der Waals surface area contributed by atoms with Crippen molar-refractivity contribution in [1.29, 1.82) is 0 Å². The third-order valence-electron chi connectivity index (χ3n) is 9.33. The molecule has 7 aromatic carbocycles. The number of benzene rings is 7. The minimum absolute atomic E-state index is 1.11. The number of hydrogen-bond donors (Lipinski definition) is 0. The van der Waals surface area contributed by atoms with Crippen molar-refractivity contribution >= 4 is 55.9 Å². The van der Waals surface area contributed by atoms with E-state index >= 15 is 0 Å². The van der Waals surface area contributed by atoms with Gasteiger partial charge in [-0.3, -0.25) is 0 Å². The van der Waals surface area contributed by atoms with Gasteiger partial charge < -0.3 is 18.9 Å². The summed E-state index contributed by atoms with van der Waals surface area (Å²) in [6, 6.07) is 68.8. The van der Waals surface area contributed by atoms with E-state index in [0.29, 0.717) is 0 Å². The summed E-state index contributed by atoms with van der Waals surface area (Å²) in [4.78, 5) is 4.58. The number of rotatable bonds is 8. The highest BCUT2D eigenvalue weighted by Crippen LogP contribution is 2.37. The van der Waals surface area contributed by atoms with Gasteiger partial charge in [0.1, 0.15) is 0 Å². The van der Waals surface area contributed by atoms with Gasteiger partial charge in [0, 0.05) is 68.7 Å². The molecular formula is C46H34N4. The van der Waals surface area contributed by atoms with Crippen LogP contribution in [-0.4, -0.2) is 9.13 Å². The van der Waals surface area contributed by atoms with Gasteiger partial charge >= 0.3 is 0 Å². The molecule has 4 heteroatoms. The topological polar surface area (TPSA) is 16.3 Å². The van der Waals surface area contributed by atoms with Crippen LogP contribution in [0, 0.1) is 0 Å². The average Bonchev–Trinajstić information content (AvgIpc) is 3.80. The molecule has 0 fully saturated rings. The summed E-state index contributed by atoms with van der Waals surface area (Å²) in [5, 5.41) is 2.43. The van der Waals surface area contributed by atoms with Gasteiger partial charge in [-0.25, -0.2) is 0 Å². The van der Waals surface area contributed by atoms with Crippen molar-refractivity contribution in [3.63, 3.8) is 0 Å². The summed E-state index contributed by atoms with van der Waals surface area (Å²) in [7, 11) is 0. The lowest BCUT2D eigenvalue weighted by Gasteiger charge is -2.25. The Labute approximate surface area is 291 Å². The summed E-state index contributed by atoms with van der Waals surface area (Å²) in [6.45, 7) is 0. The monoisotopic (exact) mass is 642 g/mol. The Morgan fingerprint density at radius 2 is 0.580 bits per heavy atom. The molecule has 0 bridgehead atoms. The van der Waals surface area contributed by atoms with E-state index in [2.05, 4.69) is 225 Å². The second-order valence-electron chi connectivity index (χ2n) is 12.4. The Morgan fingerprint density at radius 3 is 0.900 bits per heavy atom.